The summed E-state index contributed by atoms with van der Waals surface area (Å²) in [4.78, 5) is 24.2. The van der Waals surface area contributed by atoms with Crippen molar-refractivity contribution >= 4 is 18.1 Å². The Morgan fingerprint density at radius 3 is 2.74 bits per heavy atom. The van der Waals surface area contributed by atoms with Crippen molar-refractivity contribution in [2.45, 2.75) is 26.4 Å². The molecule has 0 N–H and O–H groups in total. The molecule has 1 aromatic rings. The summed E-state index contributed by atoms with van der Waals surface area (Å²) in [6.07, 6.45) is 3.06. The van der Waals surface area contributed by atoms with Gasteiger partial charge in [0, 0.05) is 5.56 Å². The topological polar surface area (TPSA) is 55.8 Å². The molecular weight excluding hydrogens is 246 g/mol. The second kappa shape index (κ2) is 4.76. The van der Waals surface area contributed by atoms with Crippen LogP contribution in [0.5, 0.6) is 5.75 Å². The molecule has 0 aliphatic carbocycles. The first kappa shape index (κ1) is 13.1. The van der Waals surface area contributed by atoms with E-state index in [-0.39, 0.29) is 0 Å². The van der Waals surface area contributed by atoms with Crippen LogP contribution in [-0.2, 0) is 4.74 Å². The van der Waals surface area contributed by atoms with Gasteiger partial charge in [-0.1, -0.05) is 0 Å². The van der Waals surface area contributed by atoms with Gasteiger partial charge in [-0.2, -0.15) is 0 Å². The normalized spacial score (nSPS) is 13.5. The fourth-order valence-electron chi connectivity index (χ4n) is 1.61. The van der Waals surface area contributed by atoms with Crippen molar-refractivity contribution in [3.63, 3.8) is 0 Å². The molecule has 0 fully saturated rings. The van der Waals surface area contributed by atoms with E-state index in [1.54, 1.807) is 39.0 Å². The van der Waals surface area contributed by atoms with Crippen molar-refractivity contribution in [1.29, 1.82) is 0 Å². The number of hydrogen-bond donors (Lipinski definition) is 0. The van der Waals surface area contributed by atoms with Gasteiger partial charge < -0.3 is 9.47 Å². The van der Waals surface area contributed by atoms with Crippen molar-refractivity contribution in [3.8, 4) is 5.75 Å². The van der Waals surface area contributed by atoms with Crippen LogP contribution in [-0.4, -0.2) is 18.0 Å². The zero-order valence-corrected chi connectivity index (χ0v) is 11.0. The Kier molecular flexibility index (Phi) is 3.29. The van der Waals surface area contributed by atoms with E-state index in [0.29, 0.717) is 23.3 Å². The lowest BCUT2D eigenvalue weighted by Gasteiger charge is -2.27. The Morgan fingerprint density at radius 2 is 2.11 bits per heavy atom. The summed E-state index contributed by atoms with van der Waals surface area (Å²) < 4.78 is 10.6. The highest BCUT2D eigenvalue weighted by atomic mass is 16.6. The van der Waals surface area contributed by atoms with E-state index in [9.17, 15) is 9.59 Å². The van der Waals surface area contributed by atoms with Crippen LogP contribution in [0.15, 0.2) is 30.7 Å². The molecule has 100 valence electrons. The number of nitrogens with zero attached hydrogens (tertiary/aromatic N) is 1. The minimum atomic E-state index is -0.592. The standard InChI is InChI=1S/C14H15NO4/c1-14(2,3)19-13(17)15-6-7-18-12-5-4-10(9-16)8-11(12)15/h4-9H,1-3H3. The molecule has 0 saturated heterocycles. The molecule has 0 spiro atoms. The molecule has 1 aliphatic heterocycles. The molecule has 1 aromatic carbocycles. The SMILES string of the molecule is CC(C)(C)OC(=O)N1C=COc2ccc(C=O)cc21. The maximum atomic E-state index is 12.1. The van der Waals surface area contributed by atoms with Crippen LogP contribution in [0, 0.1) is 0 Å². The number of rotatable bonds is 1. The summed E-state index contributed by atoms with van der Waals surface area (Å²) in [5, 5.41) is 0. The number of hydrogen-bond acceptors (Lipinski definition) is 4. The van der Waals surface area contributed by atoms with Gasteiger partial charge in [0.2, 0.25) is 0 Å². The van der Waals surface area contributed by atoms with Crippen molar-refractivity contribution < 1.29 is 19.1 Å². The molecule has 0 bridgehead atoms. The van der Waals surface area contributed by atoms with Crippen LogP contribution in [0.25, 0.3) is 0 Å². The molecule has 1 aliphatic rings. The molecule has 0 atom stereocenters. The highest BCUT2D eigenvalue weighted by Crippen LogP contribution is 2.33. The van der Waals surface area contributed by atoms with Crippen LogP contribution in [0.3, 0.4) is 0 Å². The number of carbonyl (C=O) groups is 2. The summed E-state index contributed by atoms with van der Waals surface area (Å²) in [7, 11) is 0. The highest BCUT2D eigenvalue weighted by Gasteiger charge is 2.26. The Morgan fingerprint density at radius 1 is 1.37 bits per heavy atom. The van der Waals surface area contributed by atoms with Gasteiger partial charge in [-0.05, 0) is 39.0 Å². The van der Waals surface area contributed by atoms with E-state index >= 15 is 0 Å². The van der Waals surface area contributed by atoms with Crippen LogP contribution < -0.4 is 9.64 Å². The number of fused-ring (bicyclic) bond motifs is 1. The third-order valence-electron chi connectivity index (χ3n) is 2.37. The van der Waals surface area contributed by atoms with Gasteiger partial charge in [0.15, 0.2) is 5.75 Å². The first-order valence-electron chi connectivity index (χ1n) is 5.85. The largest absolute Gasteiger partial charge is 0.461 e. The maximum Gasteiger partial charge on any atom is 0.419 e. The first-order valence-corrected chi connectivity index (χ1v) is 5.85. The number of anilines is 1. The van der Waals surface area contributed by atoms with E-state index in [4.69, 9.17) is 9.47 Å². The van der Waals surface area contributed by atoms with Crippen LogP contribution in [0.1, 0.15) is 31.1 Å². The molecule has 0 radical (unpaired) electrons. The zero-order chi connectivity index (χ0) is 14.0. The predicted octanol–water partition coefficient (Wildman–Crippen LogP) is 3.10. The molecular formula is C14H15NO4. The fourth-order valence-corrected chi connectivity index (χ4v) is 1.61. The Balaban J connectivity index is 2.33. The molecule has 0 aromatic heterocycles. The average Bonchev–Trinajstić information content (AvgIpc) is 2.35. The molecule has 5 nitrogen and oxygen atoms in total. The minimum absolute atomic E-state index is 0.464. The van der Waals surface area contributed by atoms with E-state index in [0.717, 1.165) is 0 Å². The average molecular weight is 261 g/mol. The lowest BCUT2D eigenvalue weighted by Crippen LogP contribution is -2.34. The molecule has 5 heteroatoms. The highest BCUT2D eigenvalue weighted by molar-refractivity contribution is 5.94. The summed E-state index contributed by atoms with van der Waals surface area (Å²) in [6.45, 7) is 5.37. The van der Waals surface area contributed by atoms with E-state index < -0.39 is 11.7 Å². The van der Waals surface area contributed by atoms with Crippen LogP contribution >= 0.6 is 0 Å². The van der Waals surface area contributed by atoms with Gasteiger partial charge in [-0.25, -0.2) is 9.69 Å². The Bertz CT molecular complexity index is 543. The van der Waals surface area contributed by atoms with Gasteiger partial charge >= 0.3 is 6.09 Å². The number of ether oxygens (including phenoxy) is 2. The minimum Gasteiger partial charge on any atom is -0.461 e. The molecule has 1 amide bonds. The van der Waals surface area contributed by atoms with E-state index in [2.05, 4.69) is 0 Å². The summed E-state index contributed by atoms with van der Waals surface area (Å²) in [5.74, 6) is 0.499. The number of aldehydes is 1. The van der Waals surface area contributed by atoms with Crippen LogP contribution in [0.4, 0.5) is 10.5 Å². The van der Waals surface area contributed by atoms with E-state index in [1.807, 2.05) is 0 Å². The second-order valence-electron chi connectivity index (χ2n) is 5.10. The van der Waals surface area contributed by atoms with E-state index in [1.165, 1.54) is 17.4 Å². The lowest BCUT2D eigenvalue weighted by atomic mass is 10.2. The van der Waals surface area contributed by atoms with Gasteiger partial charge in [0.1, 0.15) is 18.1 Å². The first-order chi connectivity index (χ1) is 8.90. The van der Waals surface area contributed by atoms with Gasteiger partial charge in [-0.15, -0.1) is 0 Å². The van der Waals surface area contributed by atoms with Crippen molar-refractivity contribution in [2.24, 2.45) is 0 Å². The fraction of sp³-hybridized carbons (Fsp3) is 0.286. The van der Waals surface area contributed by atoms with Gasteiger partial charge in [0.05, 0.1) is 11.9 Å². The van der Waals surface area contributed by atoms with Crippen molar-refractivity contribution in [2.75, 3.05) is 4.90 Å². The van der Waals surface area contributed by atoms with Gasteiger partial charge in [-0.3, -0.25) is 4.79 Å². The quantitative estimate of drug-likeness (QED) is 0.729. The molecule has 1 heterocycles. The molecule has 0 saturated carbocycles. The zero-order valence-electron chi connectivity index (χ0n) is 11.0. The number of carbonyl (C=O) groups excluding carboxylic acids is 2. The van der Waals surface area contributed by atoms with Crippen LogP contribution in [0.2, 0.25) is 0 Å². The monoisotopic (exact) mass is 261 g/mol. The smallest absolute Gasteiger partial charge is 0.419 e. The van der Waals surface area contributed by atoms with Gasteiger partial charge in [0.25, 0.3) is 0 Å². The molecule has 2 rings (SSSR count). The third kappa shape index (κ3) is 2.93. The number of amides is 1. The second-order valence-corrected chi connectivity index (χ2v) is 5.10. The summed E-state index contributed by atoms with van der Waals surface area (Å²) in [5.41, 5.74) is 0.360. The molecule has 19 heavy (non-hydrogen) atoms. The Labute approximate surface area is 111 Å². The summed E-state index contributed by atoms with van der Waals surface area (Å²) in [6, 6.07) is 4.84. The Hall–Kier alpha value is -2.30. The summed E-state index contributed by atoms with van der Waals surface area (Å²) >= 11 is 0. The van der Waals surface area contributed by atoms with Crippen molar-refractivity contribution in [1.82, 2.24) is 0 Å². The third-order valence-corrected chi connectivity index (χ3v) is 2.37. The number of benzene rings is 1. The predicted molar refractivity (Wildman–Crippen MR) is 70.3 cm³/mol. The lowest BCUT2D eigenvalue weighted by molar-refractivity contribution is 0.0593. The molecule has 0 unspecified atom stereocenters. The van der Waals surface area contributed by atoms with Crippen molar-refractivity contribution in [3.05, 3.63) is 36.2 Å². The maximum absolute atomic E-state index is 12.1.